The van der Waals surface area contributed by atoms with Crippen molar-refractivity contribution in [2.75, 3.05) is 13.6 Å². The van der Waals surface area contributed by atoms with Gasteiger partial charge in [-0.05, 0) is 31.6 Å². The molecule has 2 aliphatic rings. The van der Waals surface area contributed by atoms with E-state index >= 15 is 0 Å². The van der Waals surface area contributed by atoms with Crippen molar-refractivity contribution in [2.45, 2.75) is 44.6 Å². The normalized spacial score (nSPS) is 23.2. The molecule has 0 amide bonds. The summed E-state index contributed by atoms with van der Waals surface area (Å²) in [5.41, 5.74) is 2.74. The molecule has 0 aromatic rings. The summed E-state index contributed by atoms with van der Waals surface area (Å²) in [5.74, 6) is 7.27. The van der Waals surface area contributed by atoms with E-state index in [0.717, 1.165) is 18.4 Å². The number of aliphatic imine (C=N–C) groups is 1. The fourth-order valence-electron chi connectivity index (χ4n) is 2.23. The van der Waals surface area contributed by atoms with Gasteiger partial charge >= 0.3 is 0 Å². The molecule has 0 unspecified atom stereocenters. The molecule has 4 heteroatoms. The van der Waals surface area contributed by atoms with Crippen LogP contribution in [0.25, 0.3) is 0 Å². The van der Waals surface area contributed by atoms with Crippen molar-refractivity contribution in [1.82, 2.24) is 10.3 Å². The number of nitrogens with one attached hydrogen (secondary N) is 1. The minimum atomic E-state index is 0.498. The van der Waals surface area contributed by atoms with Gasteiger partial charge in [-0.15, -0.1) is 0 Å². The summed E-state index contributed by atoms with van der Waals surface area (Å²) in [6.45, 7) is 1.09. The van der Waals surface area contributed by atoms with Gasteiger partial charge in [-0.2, -0.15) is 0 Å². The number of guanidine groups is 1. The van der Waals surface area contributed by atoms with Gasteiger partial charge in [0, 0.05) is 13.6 Å². The summed E-state index contributed by atoms with van der Waals surface area (Å²) in [4.78, 5) is 6.84. The monoisotopic (exact) mass is 210 g/mol. The maximum Gasteiger partial charge on any atom is 0.208 e. The molecule has 15 heavy (non-hydrogen) atoms. The minimum absolute atomic E-state index is 0.498. The van der Waals surface area contributed by atoms with Crippen molar-refractivity contribution in [3.63, 3.8) is 0 Å². The van der Waals surface area contributed by atoms with Crippen molar-refractivity contribution in [3.8, 4) is 0 Å². The highest BCUT2D eigenvalue weighted by Gasteiger charge is 2.24. The first-order chi connectivity index (χ1) is 7.29. The van der Waals surface area contributed by atoms with E-state index in [2.05, 4.69) is 22.4 Å². The Morgan fingerprint density at radius 3 is 2.53 bits per heavy atom. The second kappa shape index (κ2) is 4.84. The smallest absolute Gasteiger partial charge is 0.208 e. The standard InChI is InChI=1S/C11H22N4/c1-15(8-9-6-7-9)11(14-12)13-10-4-2-3-5-10/h9-10H,2-8,12H2,1H3,(H,13,14). The second-order valence-corrected chi connectivity index (χ2v) is 4.86. The van der Waals surface area contributed by atoms with E-state index in [-0.39, 0.29) is 0 Å². The molecule has 0 bridgehead atoms. The van der Waals surface area contributed by atoms with Crippen LogP contribution >= 0.6 is 0 Å². The number of rotatable bonds is 3. The maximum absolute atomic E-state index is 5.53. The summed E-state index contributed by atoms with van der Waals surface area (Å²) >= 11 is 0. The first-order valence-electron chi connectivity index (χ1n) is 6.05. The van der Waals surface area contributed by atoms with Gasteiger partial charge in [0.15, 0.2) is 0 Å². The first kappa shape index (κ1) is 10.7. The average molecular weight is 210 g/mol. The highest BCUT2D eigenvalue weighted by atomic mass is 15.4. The van der Waals surface area contributed by atoms with Crippen molar-refractivity contribution < 1.29 is 0 Å². The second-order valence-electron chi connectivity index (χ2n) is 4.86. The largest absolute Gasteiger partial charge is 0.345 e. The number of nitrogens with zero attached hydrogens (tertiary/aromatic N) is 2. The molecule has 86 valence electrons. The molecule has 0 aromatic carbocycles. The third-order valence-electron chi connectivity index (χ3n) is 3.35. The van der Waals surface area contributed by atoms with Crippen molar-refractivity contribution in [3.05, 3.63) is 0 Å². The lowest BCUT2D eigenvalue weighted by molar-refractivity contribution is 0.451. The third-order valence-corrected chi connectivity index (χ3v) is 3.35. The van der Waals surface area contributed by atoms with Crippen LogP contribution < -0.4 is 11.3 Å². The van der Waals surface area contributed by atoms with E-state index in [1.54, 1.807) is 0 Å². The zero-order valence-electron chi connectivity index (χ0n) is 9.58. The van der Waals surface area contributed by atoms with Gasteiger partial charge in [0.25, 0.3) is 0 Å². The van der Waals surface area contributed by atoms with Crippen LogP contribution in [0.5, 0.6) is 0 Å². The Kier molecular flexibility index (Phi) is 3.46. The molecule has 0 aliphatic heterocycles. The lowest BCUT2D eigenvalue weighted by Gasteiger charge is -2.21. The average Bonchev–Trinajstić information content (AvgIpc) is 2.89. The van der Waals surface area contributed by atoms with Gasteiger partial charge in [0.1, 0.15) is 0 Å². The van der Waals surface area contributed by atoms with Gasteiger partial charge < -0.3 is 4.90 Å². The van der Waals surface area contributed by atoms with Crippen LogP contribution in [0.4, 0.5) is 0 Å². The SMILES string of the molecule is CN(CC1CC1)C(=NC1CCCC1)NN. The van der Waals surface area contributed by atoms with Crippen LogP contribution in [0.2, 0.25) is 0 Å². The van der Waals surface area contributed by atoms with Crippen LogP contribution in [0, 0.1) is 5.92 Å². The van der Waals surface area contributed by atoms with Gasteiger partial charge in [-0.25, -0.2) is 10.8 Å². The Morgan fingerprint density at radius 2 is 2.00 bits per heavy atom. The molecule has 2 rings (SSSR count). The Morgan fingerprint density at radius 1 is 1.33 bits per heavy atom. The highest BCUT2D eigenvalue weighted by molar-refractivity contribution is 5.79. The molecule has 0 spiro atoms. The van der Waals surface area contributed by atoms with Crippen LogP contribution in [0.15, 0.2) is 4.99 Å². The summed E-state index contributed by atoms with van der Waals surface area (Å²) in [7, 11) is 2.08. The molecule has 4 nitrogen and oxygen atoms in total. The van der Waals surface area contributed by atoms with Gasteiger partial charge in [0.05, 0.1) is 6.04 Å². The fraction of sp³-hybridized carbons (Fsp3) is 0.909. The Labute approximate surface area is 91.9 Å². The highest BCUT2D eigenvalue weighted by Crippen LogP contribution is 2.29. The van der Waals surface area contributed by atoms with E-state index in [1.807, 2.05) is 0 Å². The van der Waals surface area contributed by atoms with Crippen molar-refractivity contribution >= 4 is 5.96 Å². The Balaban J connectivity index is 1.87. The van der Waals surface area contributed by atoms with Gasteiger partial charge in [-0.1, -0.05) is 12.8 Å². The van der Waals surface area contributed by atoms with Gasteiger partial charge in [0.2, 0.25) is 5.96 Å². The molecule has 2 fully saturated rings. The Hall–Kier alpha value is -0.770. The fourth-order valence-corrected chi connectivity index (χ4v) is 2.23. The van der Waals surface area contributed by atoms with E-state index in [9.17, 15) is 0 Å². The summed E-state index contributed by atoms with van der Waals surface area (Å²) in [5, 5.41) is 0. The number of nitrogens with two attached hydrogens (primary N) is 1. The molecule has 2 aliphatic carbocycles. The molecule has 0 aromatic heterocycles. The Bertz CT molecular complexity index is 229. The molecule has 2 saturated carbocycles. The minimum Gasteiger partial charge on any atom is -0.345 e. The first-order valence-corrected chi connectivity index (χ1v) is 6.05. The summed E-state index contributed by atoms with van der Waals surface area (Å²) < 4.78 is 0. The predicted molar refractivity (Wildman–Crippen MR) is 62.4 cm³/mol. The topological polar surface area (TPSA) is 53.6 Å². The van der Waals surface area contributed by atoms with Crippen molar-refractivity contribution in [1.29, 1.82) is 0 Å². The zero-order chi connectivity index (χ0) is 10.7. The molecular weight excluding hydrogens is 188 g/mol. The van der Waals surface area contributed by atoms with E-state index < -0.39 is 0 Å². The van der Waals surface area contributed by atoms with Crippen LogP contribution in [0.1, 0.15) is 38.5 Å². The number of hydrogen-bond acceptors (Lipinski definition) is 2. The van der Waals surface area contributed by atoms with E-state index in [4.69, 9.17) is 5.84 Å². The third kappa shape index (κ3) is 3.09. The molecule has 0 saturated heterocycles. The molecule has 0 radical (unpaired) electrons. The quantitative estimate of drug-likeness (QED) is 0.317. The molecule has 0 heterocycles. The lowest BCUT2D eigenvalue weighted by atomic mass is 10.3. The maximum atomic E-state index is 5.53. The zero-order valence-corrected chi connectivity index (χ0v) is 9.58. The van der Waals surface area contributed by atoms with E-state index in [1.165, 1.54) is 38.5 Å². The number of hydrogen-bond donors (Lipinski definition) is 2. The van der Waals surface area contributed by atoms with Crippen LogP contribution in [-0.4, -0.2) is 30.5 Å². The number of hydrazine groups is 1. The van der Waals surface area contributed by atoms with E-state index in [0.29, 0.717) is 6.04 Å². The van der Waals surface area contributed by atoms with Crippen LogP contribution in [0.3, 0.4) is 0 Å². The van der Waals surface area contributed by atoms with Crippen molar-refractivity contribution in [2.24, 2.45) is 16.8 Å². The predicted octanol–water partition coefficient (Wildman–Crippen LogP) is 1.09. The molecule has 0 atom stereocenters. The molecule has 3 N–H and O–H groups in total. The lowest BCUT2D eigenvalue weighted by Crippen LogP contribution is -2.44. The molecular formula is C11H22N4. The van der Waals surface area contributed by atoms with Crippen LogP contribution in [-0.2, 0) is 0 Å². The summed E-state index contributed by atoms with van der Waals surface area (Å²) in [6, 6.07) is 0.498. The summed E-state index contributed by atoms with van der Waals surface area (Å²) in [6.07, 6.45) is 7.82. The van der Waals surface area contributed by atoms with Gasteiger partial charge in [-0.3, -0.25) is 5.43 Å².